The number of nitrogens with two attached hydrogens (primary N) is 1. The van der Waals surface area contributed by atoms with E-state index in [0.717, 1.165) is 35.0 Å². The number of benzene rings is 2. The highest BCUT2D eigenvalue weighted by atomic mass is 32.1. The van der Waals surface area contributed by atoms with E-state index in [1.807, 2.05) is 54.6 Å². The number of nitrogens with one attached hydrogen (secondary N) is 1. The molecule has 2 atom stereocenters. The highest BCUT2D eigenvalue weighted by Crippen LogP contribution is 2.24. The van der Waals surface area contributed by atoms with Gasteiger partial charge < -0.3 is 16.0 Å². The van der Waals surface area contributed by atoms with Crippen LogP contribution in [0.3, 0.4) is 0 Å². The van der Waals surface area contributed by atoms with Gasteiger partial charge in [-0.15, -0.1) is 11.3 Å². The molecule has 0 bridgehead atoms. The molecule has 190 valence electrons. The third-order valence-electron chi connectivity index (χ3n) is 6.70. The molecule has 8 heteroatoms. The number of thiazole rings is 1. The first-order valence-electron chi connectivity index (χ1n) is 12.8. The lowest BCUT2D eigenvalue weighted by Crippen LogP contribution is -2.49. The minimum atomic E-state index is -0.645. The number of aromatic nitrogens is 1. The van der Waals surface area contributed by atoms with Crippen molar-refractivity contribution in [2.75, 3.05) is 19.6 Å². The first-order valence-corrected chi connectivity index (χ1v) is 13.6. The van der Waals surface area contributed by atoms with Crippen LogP contribution in [-0.4, -0.2) is 53.2 Å². The first-order chi connectivity index (χ1) is 17.5. The fourth-order valence-corrected chi connectivity index (χ4v) is 5.61. The summed E-state index contributed by atoms with van der Waals surface area (Å²) in [5.41, 5.74) is 7.57. The van der Waals surface area contributed by atoms with Crippen LogP contribution < -0.4 is 11.1 Å². The highest BCUT2D eigenvalue weighted by Gasteiger charge is 2.31. The van der Waals surface area contributed by atoms with Gasteiger partial charge in [0.15, 0.2) is 5.01 Å². The van der Waals surface area contributed by atoms with Gasteiger partial charge >= 0.3 is 0 Å². The molecule has 7 nitrogen and oxygen atoms in total. The van der Waals surface area contributed by atoms with Gasteiger partial charge in [-0.2, -0.15) is 0 Å². The molecule has 2 heterocycles. The molecule has 4 rings (SSSR count). The molecule has 1 aromatic heterocycles. The topological polar surface area (TPSA) is 105 Å². The van der Waals surface area contributed by atoms with E-state index in [1.54, 1.807) is 4.90 Å². The average Bonchev–Trinajstić information content (AvgIpc) is 3.36. The fraction of sp³-hybridized carbons (Fsp3) is 0.429. The molecular weight excluding hydrogens is 472 g/mol. The standard InChI is InChI=1S/C28H34N4O3S/c29-17-7-6-13-23(26(34)28-31-22-12-4-5-14-24(22)36-28)30-27(35)21-11-8-18-32(19-21)25(33)16-15-20-9-2-1-3-10-20/h1-5,9-10,12,14,21,23H,6-8,11,13,15-19,29H2,(H,30,35)/t21-,23-/m0/s1. The van der Waals surface area contributed by atoms with Gasteiger partial charge in [0.05, 0.1) is 22.2 Å². The predicted octanol–water partition coefficient (Wildman–Crippen LogP) is 3.96. The minimum absolute atomic E-state index is 0.0707. The van der Waals surface area contributed by atoms with Crippen molar-refractivity contribution >= 4 is 39.2 Å². The molecule has 0 unspecified atom stereocenters. The molecule has 3 aromatic rings. The van der Waals surface area contributed by atoms with E-state index in [4.69, 9.17) is 5.73 Å². The van der Waals surface area contributed by atoms with Gasteiger partial charge in [-0.05, 0) is 62.8 Å². The van der Waals surface area contributed by atoms with Crippen molar-refractivity contribution in [1.29, 1.82) is 0 Å². The van der Waals surface area contributed by atoms with Crippen LogP contribution in [0, 0.1) is 5.92 Å². The van der Waals surface area contributed by atoms with Gasteiger partial charge in [-0.1, -0.05) is 42.5 Å². The lowest BCUT2D eigenvalue weighted by molar-refractivity contribution is -0.135. The second kappa shape index (κ2) is 12.7. The lowest BCUT2D eigenvalue weighted by Gasteiger charge is -2.33. The first kappa shape index (κ1) is 26.0. The number of ketones is 1. The van der Waals surface area contributed by atoms with Gasteiger partial charge in [0.25, 0.3) is 0 Å². The summed E-state index contributed by atoms with van der Waals surface area (Å²) < 4.78 is 0.949. The van der Waals surface area contributed by atoms with Gasteiger partial charge in [-0.25, -0.2) is 4.98 Å². The number of hydrogen-bond acceptors (Lipinski definition) is 6. The van der Waals surface area contributed by atoms with Gasteiger partial charge in [0.1, 0.15) is 0 Å². The molecule has 1 aliphatic rings. The van der Waals surface area contributed by atoms with E-state index >= 15 is 0 Å². The second-order valence-electron chi connectivity index (χ2n) is 9.36. The zero-order chi connectivity index (χ0) is 25.3. The van der Waals surface area contributed by atoms with Crippen LogP contribution in [0.25, 0.3) is 10.2 Å². The largest absolute Gasteiger partial charge is 0.346 e. The van der Waals surface area contributed by atoms with Crippen LogP contribution in [0.4, 0.5) is 0 Å². The average molecular weight is 507 g/mol. The maximum Gasteiger partial charge on any atom is 0.225 e. The third-order valence-corrected chi connectivity index (χ3v) is 7.75. The van der Waals surface area contributed by atoms with Crippen LogP contribution in [0.2, 0.25) is 0 Å². The van der Waals surface area contributed by atoms with Gasteiger partial charge in [0.2, 0.25) is 17.6 Å². The highest BCUT2D eigenvalue weighted by molar-refractivity contribution is 7.20. The van der Waals surface area contributed by atoms with Crippen molar-refractivity contribution in [3.8, 4) is 0 Å². The van der Waals surface area contributed by atoms with E-state index in [0.29, 0.717) is 50.3 Å². The molecule has 0 saturated carbocycles. The predicted molar refractivity (Wildman–Crippen MR) is 143 cm³/mol. The normalized spacial score (nSPS) is 16.6. The Morgan fingerprint density at radius 3 is 2.64 bits per heavy atom. The molecule has 3 N–H and O–H groups in total. The number of carbonyl (C=O) groups excluding carboxylic acids is 3. The number of unbranched alkanes of at least 4 members (excludes halogenated alkanes) is 1. The Hall–Kier alpha value is -3.10. The van der Waals surface area contributed by atoms with Crippen LogP contribution in [0.15, 0.2) is 54.6 Å². The van der Waals surface area contributed by atoms with Crippen LogP contribution in [0.5, 0.6) is 0 Å². The zero-order valence-corrected chi connectivity index (χ0v) is 21.3. The molecule has 2 aromatic carbocycles. The van der Waals surface area contributed by atoms with E-state index in [2.05, 4.69) is 10.3 Å². The molecule has 0 radical (unpaired) electrons. The number of para-hydroxylation sites is 1. The maximum absolute atomic E-state index is 13.4. The molecule has 2 amide bonds. The maximum atomic E-state index is 13.4. The summed E-state index contributed by atoms with van der Waals surface area (Å²) >= 11 is 1.35. The van der Waals surface area contributed by atoms with E-state index in [-0.39, 0.29) is 23.5 Å². The van der Waals surface area contributed by atoms with Crippen LogP contribution in [-0.2, 0) is 16.0 Å². The van der Waals surface area contributed by atoms with Crippen molar-refractivity contribution in [2.24, 2.45) is 11.7 Å². The number of fused-ring (bicyclic) bond motifs is 1. The monoisotopic (exact) mass is 506 g/mol. The Morgan fingerprint density at radius 1 is 1.08 bits per heavy atom. The molecule has 1 saturated heterocycles. The van der Waals surface area contributed by atoms with Crippen molar-refractivity contribution in [1.82, 2.24) is 15.2 Å². The van der Waals surface area contributed by atoms with Gasteiger partial charge in [0, 0.05) is 19.5 Å². The Bertz CT molecular complexity index is 1150. The zero-order valence-electron chi connectivity index (χ0n) is 20.5. The summed E-state index contributed by atoms with van der Waals surface area (Å²) in [6.45, 7) is 1.60. The second-order valence-corrected chi connectivity index (χ2v) is 10.4. The number of likely N-dealkylation sites (tertiary alicyclic amines) is 1. The Balaban J connectivity index is 1.38. The number of aryl methyl sites for hydroxylation is 1. The summed E-state index contributed by atoms with van der Waals surface area (Å²) in [6, 6.07) is 16.9. The minimum Gasteiger partial charge on any atom is -0.346 e. The smallest absolute Gasteiger partial charge is 0.225 e. The molecule has 1 fully saturated rings. The van der Waals surface area contributed by atoms with Crippen molar-refractivity contribution in [3.05, 3.63) is 65.2 Å². The number of carbonyl (C=O) groups is 3. The SMILES string of the molecule is NCCCC[C@H](NC(=O)[C@H]1CCCN(C(=O)CCc2ccccc2)C1)C(=O)c1nc2ccccc2s1. The number of Topliss-reactive ketones (excluding diaryl/α,β-unsaturated/α-hetero) is 1. The Kier molecular flexibility index (Phi) is 9.19. The van der Waals surface area contributed by atoms with E-state index in [1.165, 1.54) is 11.3 Å². The van der Waals surface area contributed by atoms with Crippen molar-refractivity contribution < 1.29 is 14.4 Å². The van der Waals surface area contributed by atoms with Crippen molar-refractivity contribution in [2.45, 2.75) is 51.0 Å². The van der Waals surface area contributed by atoms with E-state index in [9.17, 15) is 14.4 Å². The summed E-state index contributed by atoms with van der Waals surface area (Å²) in [4.78, 5) is 45.7. The summed E-state index contributed by atoms with van der Waals surface area (Å²) in [7, 11) is 0. The number of rotatable bonds is 11. The van der Waals surface area contributed by atoms with Crippen LogP contribution in [0.1, 0.15) is 53.9 Å². The van der Waals surface area contributed by atoms with E-state index < -0.39 is 6.04 Å². The number of piperidine rings is 1. The molecule has 36 heavy (non-hydrogen) atoms. The van der Waals surface area contributed by atoms with Crippen LogP contribution >= 0.6 is 11.3 Å². The summed E-state index contributed by atoms with van der Waals surface area (Å²) in [6.07, 6.45) is 4.64. The fourth-order valence-electron chi connectivity index (χ4n) is 4.65. The Morgan fingerprint density at radius 2 is 1.86 bits per heavy atom. The summed E-state index contributed by atoms with van der Waals surface area (Å²) in [5, 5.41) is 3.42. The number of nitrogens with zero attached hydrogens (tertiary/aromatic N) is 2. The number of amides is 2. The Labute approximate surface area is 216 Å². The molecule has 0 aliphatic carbocycles. The molecular formula is C28H34N4O3S. The van der Waals surface area contributed by atoms with Crippen molar-refractivity contribution in [3.63, 3.8) is 0 Å². The number of hydrogen-bond donors (Lipinski definition) is 2. The molecule has 1 aliphatic heterocycles. The lowest BCUT2D eigenvalue weighted by atomic mass is 9.95. The quantitative estimate of drug-likeness (QED) is 0.302. The summed E-state index contributed by atoms with van der Waals surface area (Å²) in [5.74, 6) is -0.572. The third kappa shape index (κ3) is 6.77. The van der Waals surface area contributed by atoms with Gasteiger partial charge in [-0.3, -0.25) is 14.4 Å². The molecule has 0 spiro atoms.